The van der Waals surface area contributed by atoms with E-state index in [-0.39, 0.29) is 0 Å². The number of hydrogen-bond acceptors (Lipinski definition) is 4. The molecule has 1 aromatic rings. The van der Waals surface area contributed by atoms with Gasteiger partial charge < -0.3 is 15.2 Å². The van der Waals surface area contributed by atoms with Crippen LogP contribution in [-0.2, 0) is 0 Å². The molecule has 0 heterocycles. The predicted molar refractivity (Wildman–Crippen MR) is 83.2 cm³/mol. The topological polar surface area (TPSA) is 41.5 Å². The van der Waals surface area contributed by atoms with Crippen LogP contribution in [-0.4, -0.2) is 42.9 Å². The standard InChI is InChI=1S/C15H25NO2S/c1-13-6-5-7-15(10-13)18-12-14(17)11-16-8-3-4-9-19-2/h5-7,10,14,16-17H,3-4,8-9,11-12H2,1-2H3. The lowest BCUT2D eigenvalue weighted by Gasteiger charge is -2.13. The maximum absolute atomic E-state index is 9.79. The Bertz CT molecular complexity index is 347. The number of ether oxygens (including phenoxy) is 1. The van der Waals surface area contributed by atoms with E-state index in [1.54, 1.807) is 0 Å². The molecule has 0 saturated carbocycles. The van der Waals surface area contributed by atoms with E-state index in [0.717, 1.165) is 18.7 Å². The Hall–Kier alpha value is -0.710. The molecule has 0 aliphatic heterocycles. The zero-order chi connectivity index (χ0) is 13.9. The van der Waals surface area contributed by atoms with Crippen LogP contribution in [0.25, 0.3) is 0 Å². The fourth-order valence-corrected chi connectivity index (χ4v) is 2.21. The molecule has 0 aliphatic carbocycles. The highest BCUT2D eigenvalue weighted by molar-refractivity contribution is 7.98. The van der Waals surface area contributed by atoms with Crippen molar-refractivity contribution in [3.63, 3.8) is 0 Å². The minimum Gasteiger partial charge on any atom is -0.491 e. The van der Waals surface area contributed by atoms with E-state index in [9.17, 15) is 5.11 Å². The summed E-state index contributed by atoms with van der Waals surface area (Å²) in [7, 11) is 0. The molecule has 1 atom stereocenters. The lowest BCUT2D eigenvalue weighted by atomic mass is 10.2. The zero-order valence-corrected chi connectivity index (χ0v) is 12.7. The molecular weight excluding hydrogens is 258 g/mol. The van der Waals surface area contributed by atoms with Gasteiger partial charge in [-0.15, -0.1) is 0 Å². The molecule has 108 valence electrons. The van der Waals surface area contributed by atoms with Gasteiger partial charge in [-0.3, -0.25) is 0 Å². The van der Waals surface area contributed by atoms with Crippen molar-refractivity contribution in [1.82, 2.24) is 5.32 Å². The quantitative estimate of drug-likeness (QED) is 0.647. The number of hydrogen-bond donors (Lipinski definition) is 2. The number of aliphatic hydroxyl groups excluding tert-OH is 1. The maximum atomic E-state index is 9.79. The minimum absolute atomic E-state index is 0.335. The van der Waals surface area contributed by atoms with Gasteiger partial charge in [0.15, 0.2) is 0 Å². The van der Waals surface area contributed by atoms with Gasteiger partial charge in [0, 0.05) is 6.54 Å². The van der Waals surface area contributed by atoms with Crippen molar-refractivity contribution in [3.8, 4) is 5.75 Å². The van der Waals surface area contributed by atoms with Crippen molar-refractivity contribution >= 4 is 11.8 Å². The van der Waals surface area contributed by atoms with Gasteiger partial charge in [0.1, 0.15) is 18.5 Å². The fraction of sp³-hybridized carbons (Fsp3) is 0.600. The SMILES string of the molecule is CSCCCCNCC(O)COc1cccc(C)c1. The lowest BCUT2D eigenvalue weighted by Crippen LogP contribution is -2.32. The normalized spacial score (nSPS) is 12.4. The van der Waals surface area contributed by atoms with Gasteiger partial charge in [0.25, 0.3) is 0 Å². The Kier molecular flexibility index (Phi) is 8.71. The van der Waals surface area contributed by atoms with E-state index in [1.165, 1.54) is 17.7 Å². The third kappa shape index (κ3) is 8.14. The third-order valence-corrected chi connectivity index (χ3v) is 3.46. The van der Waals surface area contributed by atoms with Crippen LogP contribution in [0.3, 0.4) is 0 Å². The second-order valence-electron chi connectivity index (χ2n) is 4.69. The Balaban J connectivity index is 2.06. The van der Waals surface area contributed by atoms with Gasteiger partial charge in [0.05, 0.1) is 0 Å². The van der Waals surface area contributed by atoms with Crippen molar-refractivity contribution in [2.24, 2.45) is 0 Å². The number of rotatable bonds is 10. The molecule has 0 amide bonds. The number of unbranched alkanes of at least 4 members (excludes halogenated alkanes) is 1. The van der Waals surface area contributed by atoms with Crippen molar-refractivity contribution in [1.29, 1.82) is 0 Å². The van der Waals surface area contributed by atoms with E-state index in [1.807, 2.05) is 43.0 Å². The number of thioether (sulfide) groups is 1. The number of aryl methyl sites for hydroxylation is 1. The molecule has 1 unspecified atom stereocenters. The molecule has 19 heavy (non-hydrogen) atoms. The van der Waals surface area contributed by atoms with Crippen molar-refractivity contribution < 1.29 is 9.84 Å². The molecule has 1 rings (SSSR count). The molecule has 0 radical (unpaired) electrons. The first-order chi connectivity index (χ1) is 9.22. The summed E-state index contributed by atoms with van der Waals surface area (Å²) in [5.41, 5.74) is 1.17. The van der Waals surface area contributed by atoms with Crippen LogP contribution in [0, 0.1) is 6.92 Å². The minimum atomic E-state index is -0.457. The van der Waals surface area contributed by atoms with Gasteiger partial charge in [-0.1, -0.05) is 12.1 Å². The van der Waals surface area contributed by atoms with E-state index < -0.39 is 6.10 Å². The average Bonchev–Trinajstić information content (AvgIpc) is 2.40. The highest BCUT2D eigenvalue weighted by atomic mass is 32.2. The first-order valence-corrected chi connectivity index (χ1v) is 8.19. The summed E-state index contributed by atoms with van der Waals surface area (Å²) in [5, 5.41) is 13.0. The molecule has 3 nitrogen and oxygen atoms in total. The highest BCUT2D eigenvalue weighted by Crippen LogP contribution is 2.12. The van der Waals surface area contributed by atoms with E-state index >= 15 is 0 Å². The van der Waals surface area contributed by atoms with Gasteiger partial charge in [-0.05, 0) is 56.0 Å². The summed E-state index contributed by atoms with van der Waals surface area (Å²) in [6.07, 6.45) is 4.05. The molecular formula is C15H25NO2S. The van der Waals surface area contributed by atoms with Crippen molar-refractivity contribution in [3.05, 3.63) is 29.8 Å². The lowest BCUT2D eigenvalue weighted by molar-refractivity contribution is 0.106. The Morgan fingerprint density at radius 1 is 1.37 bits per heavy atom. The number of aliphatic hydroxyl groups is 1. The van der Waals surface area contributed by atoms with Crippen LogP contribution in [0.4, 0.5) is 0 Å². The van der Waals surface area contributed by atoms with Gasteiger partial charge in [-0.2, -0.15) is 11.8 Å². The van der Waals surface area contributed by atoms with Crippen LogP contribution in [0.5, 0.6) is 5.75 Å². The van der Waals surface area contributed by atoms with Gasteiger partial charge in [0.2, 0.25) is 0 Å². The second kappa shape index (κ2) is 10.1. The van der Waals surface area contributed by atoms with Gasteiger partial charge in [-0.25, -0.2) is 0 Å². The summed E-state index contributed by atoms with van der Waals surface area (Å²) < 4.78 is 5.55. The molecule has 0 saturated heterocycles. The van der Waals surface area contributed by atoms with Crippen LogP contribution in [0.15, 0.2) is 24.3 Å². The second-order valence-corrected chi connectivity index (χ2v) is 5.67. The van der Waals surface area contributed by atoms with E-state index in [0.29, 0.717) is 13.2 Å². The number of benzene rings is 1. The van der Waals surface area contributed by atoms with Crippen LogP contribution in [0.1, 0.15) is 18.4 Å². The smallest absolute Gasteiger partial charge is 0.119 e. The summed E-state index contributed by atoms with van der Waals surface area (Å²) in [5.74, 6) is 2.03. The zero-order valence-electron chi connectivity index (χ0n) is 11.9. The first-order valence-electron chi connectivity index (χ1n) is 6.79. The molecule has 0 bridgehead atoms. The van der Waals surface area contributed by atoms with Crippen LogP contribution >= 0.6 is 11.8 Å². The van der Waals surface area contributed by atoms with Crippen LogP contribution in [0.2, 0.25) is 0 Å². The van der Waals surface area contributed by atoms with E-state index in [2.05, 4.69) is 11.6 Å². The summed E-state index contributed by atoms with van der Waals surface area (Å²) >= 11 is 1.88. The monoisotopic (exact) mass is 283 g/mol. The third-order valence-electron chi connectivity index (χ3n) is 2.76. The Morgan fingerprint density at radius 2 is 2.21 bits per heavy atom. The molecule has 0 aromatic heterocycles. The highest BCUT2D eigenvalue weighted by Gasteiger charge is 2.04. The van der Waals surface area contributed by atoms with E-state index in [4.69, 9.17) is 4.74 Å². The predicted octanol–water partition coefficient (Wildman–Crippen LogP) is 2.47. The molecule has 0 aliphatic rings. The molecule has 0 spiro atoms. The average molecular weight is 283 g/mol. The van der Waals surface area contributed by atoms with Gasteiger partial charge >= 0.3 is 0 Å². The van der Waals surface area contributed by atoms with Crippen molar-refractivity contribution in [2.45, 2.75) is 25.9 Å². The summed E-state index contributed by atoms with van der Waals surface area (Å²) in [4.78, 5) is 0. The Morgan fingerprint density at radius 3 is 2.95 bits per heavy atom. The van der Waals surface area contributed by atoms with Crippen LogP contribution < -0.4 is 10.1 Å². The number of nitrogens with one attached hydrogen (secondary N) is 1. The first kappa shape index (κ1) is 16.3. The molecule has 0 fully saturated rings. The molecule has 2 N–H and O–H groups in total. The molecule has 1 aromatic carbocycles. The summed E-state index contributed by atoms with van der Waals surface area (Å²) in [6.45, 7) is 3.91. The fourth-order valence-electron chi connectivity index (χ4n) is 1.72. The van der Waals surface area contributed by atoms with Crippen molar-refractivity contribution in [2.75, 3.05) is 31.7 Å². The summed E-state index contributed by atoms with van der Waals surface area (Å²) in [6, 6.07) is 7.87. The Labute approximate surface area is 120 Å². The maximum Gasteiger partial charge on any atom is 0.119 e. The molecule has 4 heteroatoms. The largest absolute Gasteiger partial charge is 0.491 e.